The summed E-state index contributed by atoms with van der Waals surface area (Å²) in [6.45, 7) is 2.64. The molecule has 1 unspecified atom stereocenters. The minimum absolute atomic E-state index is 0.000701. The van der Waals surface area contributed by atoms with E-state index in [0.29, 0.717) is 18.8 Å². The summed E-state index contributed by atoms with van der Waals surface area (Å²) in [5.74, 6) is -0.995. The van der Waals surface area contributed by atoms with E-state index in [0.717, 1.165) is 12.8 Å². The van der Waals surface area contributed by atoms with Crippen LogP contribution >= 0.6 is 11.6 Å². The molecule has 11 nitrogen and oxygen atoms in total. The number of carbonyl (C=O) groups excluding carboxylic acids is 1. The highest BCUT2D eigenvalue weighted by Gasteiger charge is 2.25. The third-order valence-electron chi connectivity index (χ3n) is 3.76. The summed E-state index contributed by atoms with van der Waals surface area (Å²) in [7, 11) is 0. The smallest absolute Gasteiger partial charge is 0.376 e. The number of nitro groups is 1. The van der Waals surface area contributed by atoms with Gasteiger partial charge in [0.15, 0.2) is 10.8 Å². The molecule has 0 radical (unpaired) electrons. The molecule has 1 N–H and O–H groups in total. The van der Waals surface area contributed by atoms with Gasteiger partial charge in [-0.2, -0.15) is 9.67 Å². The van der Waals surface area contributed by atoms with Crippen LogP contribution in [0.2, 0.25) is 5.02 Å². The molecule has 1 atom stereocenters. The summed E-state index contributed by atoms with van der Waals surface area (Å²) in [6, 6.07) is 0. The Labute approximate surface area is 146 Å². The minimum atomic E-state index is -0.675. The van der Waals surface area contributed by atoms with E-state index in [1.807, 2.05) is 0 Å². The number of nitrogens with one attached hydrogen (secondary N) is 1. The molecular weight excluding hydrogens is 356 g/mol. The lowest BCUT2D eigenvalue weighted by atomic mass is 10.2. The van der Waals surface area contributed by atoms with Gasteiger partial charge in [-0.05, 0) is 24.7 Å². The molecule has 0 saturated carbocycles. The second kappa shape index (κ2) is 7.15. The largest absolute Gasteiger partial charge is 0.408 e. The first-order valence-corrected chi connectivity index (χ1v) is 7.93. The zero-order valence-electron chi connectivity index (χ0n) is 13.3. The zero-order valence-corrected chi connectivity index (χ0v) is 14.0. The van der Waals surface area contributed by atoms with Crippen molar-refractivity contribution in [2.45, 2.75) is 32.4 Å². The van der Waals surface area contributed by atoms with Crippen molar-refractivity contribution in [3.05, 3.63) is 32.5 Å². The molecule has 2 aromatic rings. The van der Waals surface area contributed by atoms with Crippen LogP contribution in [0.5, 0.6) is 0 Å². The number of nitrogens with zero attached hydrogens (tertiary/aromatic N) is 5. The lowest BCUT2D eigenvalue weighted by molar-refractivity contribution is -0.389. The van der Waals surface area contributed by atoms with Gasteiger partial charge in [0, 0.05) is 13.2 Å². The molecule has 1 aliphatic heterocycles. The van der Waals surface area contributed by atoms with E-state index in [-0.39, 0.29) is 29.4 Å². The van der Waals surface area contributed by atoms with Crippen molar-refractivity contribution in [1.29, 1.82) is 0 Å². The van der Waals surface area contributed by atoms with Crippen molar-refractivity contribution in [3.8, 4) is 0 Å². The quantitative estimate of drug-likeness (QED) is 0.589. The molecule has 0 spiro atoms. The number of hydrogen-bond acceptors (Lipinski definition) is 8. The third kappa shape index (κ3) is 3.77. The Bertz CT molecular complexity index is 797. The molecule has 0 aromatic carbocycles. The van der Waals surface area contributed by atoms with Crippen molar-refractivity contribution >= 4 is 23.3 Å². The molecule has 134 valence electrons. The summed E-state index contributed by atoms with van der Waals surface area (Å²) in [4.78, 5) is 26.1. The highest BCUT2D eigenvalue weighted by molar-refractivity contribution is 6.33. The first-order valence-electron chi connectivity index (χ1n) is 7.55. The van der Waals surface area contributed by atoms with Gasteiger partial charge in [-0.25, -0.2) is 0 Å². The van der Waals surface area contributed by atoms with Gasteiger partial charge in [-0.15, -0.1) is 0 Å². The Morgan fingerprint density at radius 3 is 3.00 bits per heavy atom. The molecule has 1 aliphatic rings. The molecule has 0 aliphatic carbocycles. The highest BCUT2D eigenvalue weighted by atomic mass is 35.5. The Hall–Kier alpha value is -2.53. The van der Waals surface area contributed by atoms with Crippen LogP contribution in [-0.2, 0) is 11.3 Å². The SMILES string of the molecule is Cc1c(Cl)c([N+](=O)[O-])nn1Cc1noc(C(=O)NCC2CCCO2)n1. The number of rotatable bonds is 6. The molecule has 3 heterocycles. The Kier molecular flexibility index (Phi) is 4.95. The van der Waals surface area contributed by atoms with Gasteiger partial charge in [0.1, 0.15) is 6.54 Å². The fraction of sp³-hybridized carbons (Fsp3) is 0.538. The average molecular weight is 371 g/mol. The van der Waals surface area contributed by atoms with Gasteiger partial charge in [-0.3, -0.25) is 4.79 Å². The van der Waals surface area contributed by atoms with Crippen LogP contribution in [0.4, 0.5) is 5.82 Å². The first-order chi connectivity index (χ1) is 12.0. The van der Waals surface area contributed by atoms with Crippen LogP contribution in [0, 0.1) is 17.0 Å². The predicted octanol–water partition coefficient (Wildman–Crippen LogP) is 1.09. The predicted molar refractivity (Wildman–Crippen MR) is 83.3 cm³/mol. The Morgan fingerprint density at radius 1 is 1.56 bits per heavy atom. The zero-order chi connectivity index (χ0) is 18.0. The van der Waals surface area contributed by atoms with E-state index in [1.54, 1.807) is 6.92 Å². The van der Waals surface area contributed by atoms with Crippen LogP contribution in [0.1, 0.15) is 35.0 Å². The van der Waals surface area contributed by atoms with Crippen molar-refractivity contribution in [2.75, 3.05) is 13.2 Å². The van der Waals surface area contributed by atoms with E-state index in [9.17, 15) is 14.9 Å². The maximum atomic E-state index is 12.0. The van der Waals surface area contributed by atoms with Crippen LogP contribution in [0.15, 0.2) is 4.52 Å². The summed E-state index contributed by atoms with van der Waals surface area (Å²) in [5.41, 5.74) is 0.391. The van der Waals surface area contributed by atoms with E-state index in [2.05, 4.69) is 20.6 Å². The number of hydrogen-bond donors (Lipinski definition) is 1. The summed E-state index contributed by atoms with van der Waals surface area (Å²) in [6.07, 6.45) is 1.87. The maximum Gasteiger partial charge on any atom is 0.408 e. The van der Waals surface area contributed by atoms with Crippen LogP contribution in [-0.4, -0.2) is 50.0 Å². The standard InChI is InChI=1S/C13H15ClN6O5/c1-7-10(14)11(20(22)23)17-19(7)6-9-16-13(25-18-9)12(21)15-5-8-3-2-4-24-8/h8H,2-6H2,1H3,(H,15,21). The Morgan fingerprint density at radius 2 is 2.36 bits per heavy atom. The summed E-state index contributed by atoms with van der Waals surface area (Å²) < 4.78 is 11.6. The van der Waals surface area contributed by atoms with E-state index in [1.165, 1.54) is 4.68 Å². The molecule has 12 heteroatoms. The number of aromatic nitrogens is 4. The van der Waals surface area contributed by atoms with Gasteiger partial charge < -0.3 is 24.7 Å². The third-order valence-corrected chi connectivity index (χ3v) is 4.20. The van der Waals surface area contributed by atoms with Crippen molar-refractivity contribution in [2.24, 2.45) is 0 Å². The lowest BCUT2D eigenvalue weighted by Crippen LogP contribution is -2.31. The monoisotopic (exact) mass is 370 g/mol. The van der Waals surface area contributed by atoms with Gasteiger partial charge in [0.25, 0.3) is 0 Å². The number of halogens is 1. The van der Waals surface area contributed by atoms with Crippen molar-refractivity contribution in [3.63, 3.8) is 0 Å². The van der Waals surface area contributed by atoms with Gasteiger partial charge >= 0.3 is 17.6 Å². The number of carbonyl (C=O) groups is 1. The van der Waals surface area contributed by atoms with Crippen molar-refractivity contribution < 1.29 is 19.0 Å². The molecular formula is C13H15ClN6O5. The van der Waals surface area contributed by atoms with Crippen LogP contribution in [0.25, 0.3) is 0 Å². The van der Waals surface area contributed by atoms with E-state index < -0.39 is 16.6 Å². The summed E-state index contributed by atoms with van der Waals surface area (Å²) in [5, 5.41) is 20.9. The topological polar surface area (TPSA) is 138 Å². The lowest BCUT2D eigenvalue weighted by Gasteiger charge is -2.08. The first kappa shape index (κ1) is 17.3. The molecule has 1 saturated heterocycles. The highest BCUT2D eigenvalue weighted by Crippen LogP contribution is 2.26. The Balaban J connectivity index is 1.64. The number of ether oxygens (including phenoxy) is 1. The molecule has 2 aromatic heterocycles. The molecule has 0 bridgehead atoms. The van der Waals surface area contributed by atoms with E-state index in [4.69, 9.17) is 20.9 Å². The van der Waals surface area contributed by atoms with E-state index >= 15 is 0 Å². The molecule has 25 heavy (non-hydrogen) atoms. The normalized spacial score (nSPS) is 17.0. The number of amides is 1. The fourth-order valence-corrected chi connectivity index (χ4v) is 2.62. The molecule has 1 fully saturated rings. The maximum absolute atomic E-state index is 12.0. The second-order valence-electron chi connectivity index (χ2n) is 5.50. The molecule has 3 rings (SSSR count). The van der Waals surface area contributed by atoms with Gasteiger partial charge in [-0.1, -0.05) is 16.8 Å². The molecule has 1 amide bonds. The minimum Gasteiger partial charge on any atom is -0.376 e. The second-order valence-corrected chi connectivity index (χ2v) is 5.88. The fourth-order valence-electron chi connectivity index (χ4n) is 2.41. The van der Waals surface area contributed by atoms with Crippen LogP contribution < -0.4 is 5.32 Å². The summed E-state index contributed by atoms with van der Waals surface area (Å²) >= 11 is 5.87. The van der Waals surface area contributed by atoms with Gasteiger partial charge in [0.2, 0.25) is 0 Å². The van der Waals surface area contributed by atoms with Crippen molar-refractivity contribution in [1.82, 2.24) is 25.2 Å². The van der Waals surface area contributed by atoms with Gasteiger partial charge in [0.05, 0.1) is 16.9 Å². The average Bonchev–Trinajstić information content (AvgIpc) is 3.30. The van der Waals surface area contributed by atoms with Crippen LogP contribution in [0.3, 0.4) is 0 Å².